The molecule has 0 bridgehead atoms. The Kier molecular flexibility index (Phi) is 3.53. The van der Waals surface area contributed by atoms with Gasteiger partial charge in [0.05, 0.1) is 16.2 Å². The highest BCUT2D eigenvalue weighted by Crippen LogP contribution is 2.24. The van der Waals surface area contributed by atoms with Crippen molar-refractivity contribution in [3.05, 3.63) is 44.6 Å². The lowest BCUT2D eigenvalue weighted by molar-refractivity contribution is -0.380. The average Bonchev–Trinajstić information content (AvgIpc) is 2.95. The van der Waals surface area contributed by atoms with Crippen LogP contribution in [0.5, 0.6) is 0 Å². The molecular formula is C11H9N3O5S. The molecule has 2 aromatic heterocycles. The van der Waals surface area contributed by atoms with Crippen molar-refractivity contribution in [1.82, 2.24) is 4.98 Å². The van der Waals surface area contributed by atoms with Gasteiger partial charge >= 0.3 is 11.0 Å². The number of hydrogen-bond donors (Lipinski definition) is 3. The molecule has 0 fully saturated rings. The summed E-state index contributed by atoms with van der Waals surface area (Å²) in [6.45, 7) is 1.65. The number of aromatic carboxylic acids is 1. The van der Waals surface area contributed by atoms with Gasteiger partial charge in [-0.05, 0) is 13.0 Å². The molecule has 9 heteroatoms. The topological polar surface area (TPSA) is 125 Å². The van der Waals surface area contributed by atoms with E-state index in [1.54, 1.807) is 6.92 Å². The van der Waals surface area contributed by atoms with Crippen LogP contribution in [0.1, 0.15) is 26.5 Å². The Morgan fingerprint density at radius 2 is 2.15 bits per heavy atom. The molecule has 0 radical (unpaired) electrons. The molecule has 0 aliphatic carbocycles. The van der Waals surface area contributed by atoms with Crippen molar-refractivity contribution in [1.29, 1.82) is 0 Å². The fourth-order valence-electron chi connectivity index (χ4n) is 1.59. The Hall–Kier alpha value is -2.68. The number of carbonyl (C=O) groups excluding carboxylic acids is 1. The average molecular weight is 295 g/mol. The summed E-state index contributed by atoms with van der Waals surface area (Å²) in [5.74, 6) is -1.81. The number of nitrogens with zero attached hydrogens (tertiary/aromatic N) is 1. The van der Waals surface area contributed by atoms with Gasteiger partial charge in [-0.2, -0.15) is 0 Å². The van der Waals surface area contributed by atoms with Gasteiger partial charge in [-0.25, -0.2) is 4.79 Å². The molecule has 0 atom stereocenters. The van der Waals surface area contributed by atoms with E-state index in [1.807, 2.05) is 0 Å². The van der Waals surface area contributed by atoms with Crippen LogP contribution in [-0.4, -0.2) is 26.9 Å². The molecule has 104 valence electrons. The van der Waals surface area contributed by atoms with E-state index in [2.05, 4.69) is 10.3 Å². The van der Waals surface area contributed by atoms with Crippen molar-refractivity contribution in [3.8, 4) is 0 Å². The Balaban J connectivity index is 2.23. The molecule has 0 aliphatic rings. The summed E-state index contributed by atoms with van der Waals surface area (Å²) in [7, 11) is 0. The van der Waals surface area contributed by atoms with E-state index in [4.69, 9.17) is 5.11 Å². The van der Waals surface area contributed by atoms with Crippen LogP contribution in [0.15, 0.2) is 17.5 Å². The molecule has 2 heterocycles. The highest BCUT2D eigenvalue weighted by Gasteiger charge is 2.19. The number of aromatic amines is 1. The van der Waals surface area contributed by atoms with E-state index in [-0.39, 0.29) is 21.9 Å². The number of nitrogens with one attached hydrogen (secondary N) is 2. The number of aromatic nitrogens is 1. The Labute approximate surface area is 116 Å². The number of carbonyl (C=O) groups is 2. The van der Waals surface area contributed by atoms with Crippen LogP contribution >= 0.6 is 11.3 Å². The number of nitro groups is 1. The number of thiophene rings is 1. The van der Waals surface area contributed by atoms with Gasteiger partial charge in [0.2, 0.25) is 0 Å². The maximum atomic E-state index is 11.9. The third kappa shape index (κ3) is 2.67. The van der Waals surface area contributed by atoms with Crippen LogP contribution < -0.4 is 5.32 Å². The largest absolute Gasteiger partial charge is 0.477 e. The normalized spacial score (nSPS) is 10.2. The predicted molar refractivity (Wildman–Crippen MR) is 71.4 cm³/mol. The summed E-state index contributed by atoms with van der Waals surface area (Å²) < 4.78 is 0. The molecule has 2 aromatic rings. The lowest BCUT2D eigenvalue weighted by Gasteiger charge is -2.01. The van der Waals surface area contributed by atoms with E-state index < -0.39 is 16.8 Å². The van der Waals surface area contributed by atoms with Crippen molar-refractivity contribution in [2.24, 2.45) is 0 Å². The molecule has 0 spiro atoms. The molecule has 3 N–H and O–H groups in total. The third-order valence-electron chi connectivity index (χ3n) is 2.44. The molecule has 8 nitrogen and oxygen atoms in total. The van der Waals surface area contributed by atoms with Crippen LogP contribution in [0.4, 0.5) is 10.7 Å². The fourth-order valence-corrected chi connectivity index (χ4v) is 2.29. The molecule has 0 unspecified atom stereocenters. The number of H-pyrrole nitrogens is 1. The van der Waals surface area contributed by atoms with Gasteiger partial charge in [-0.1, -0.05) is 11.3 Å². The highest BCUT2D eigenvalue weighted by atomic mass is 32.1. The monoisotopic (exact) mass is 295 g/mol. The van der Waals surface area contributed by atoms with Gasteiger partial charge in [-0.15, -0.1) is 0 Å². The first-order chi connectivity index (χ1) is 9.38. The van der Waals surface area contributed by atoms with Gasteiger partial charge in [0.1, 0.15) is 5.69 Å². The van der Waals surface area contributed by atoms with Crippen molar-refractivity contribution >= 4 is 33.9 Å². The number of anilines is 1. The zero-order valence-corrected chi connectivity index (χ0v) is 11.0. The first-order valence-corrected chi connectivity index (χ1v) is 6.23. The second-order valence-electron chi connectivity index (χ2n) is 3.93. The molecule has 20 heavy (non-hydrogen) atoms. The third-order valence-corrected chi connectivity index (χ3v) is 3.32. The van der Waals surface area contributed by atoms with Crippen LogP contribution in [0.25, 0.3) is 0 Å². The maximum Gasteiger partial charge on any atom is 0.354 e. The van der Waals surface area contributed by atoms with Crippen LogP contribution in [0, 0.1) is 17.0 Å². The van der Waals surface area contributed by atoms with Crippen molar-refractivity contribution < 1.29 is 19.6 Å². The van der Waals surface area contributed by atoms with Crippen LogP contribution in [0.3, 0.4) is 0 Å². The van der Waals surface area contributed by atoms with E-state index in [1.165, 1.54) is 11.4 Å². The molecule has 0 aliphatic heterocycles. The Morgan fingerprint density at radius 3 is 2.70 bits per heavy atom. The number of hydrogen-bond acceptors (Lipinski definition) is 5. The quantitative estimate of drug-likeness (QED) is 0.589. The van der Waals surface area contributed by atoms with E-state index in [0.717, 1.165) is 17.4 Å². The molecular weight excluding hydrogens is 286 g/mol. The van der Waals surface area contributed by atoms with Gasteiger partial charge in [0.15, 0.2) is 0 Å². The SMILES string of the molecule is Cc1cc(NC(=O)c2csc([N+](=O)[O-])c2)c(C(=O)O)[nH]1. The Morgan fingerprint density at radius 1 is 1.45 bits per heavy atom. The number of rotatable bonds is 4. The van der Waals surface area contributed by atoms with Crippen LogP contribution in [0.2, 0.25) is 0 Å². The zero-order chi connectivity index (χ0) is 14.9. The summed E-state index contributed by atoms with van der Waals surface area (Å²) in [5.41, 5.74) is 0.667. The van der Waals surface area contributed by atoms with E-state index >= 15 is 0 Å². The number of carboxylic acids is 1. The summed E-state index contributed by atoms with van der Waals surface area (Å²) in [6.07, 6.45) is 0. The first kappa shape index (κ1) is 13.7. The second kappa shape index (κ2) is 5.13. The lowest BCUT2D eigenvalue weighted by Crippen LogP contribution is -2.13. The van der Waals surface area contributed by atoms with Crippen molar-refractivity contribution in [3.63, 3.8) is 0 Å². The van der Waals surface area contributed by atoms with Gasteiger partial charge in [-0.3, -0.25) is 14.9 Å². The minimum absolute atomic E-state index is 0.108. The number of aryl methyl sites for hydroxylation is 1. The Bertz CT molecular complexity index is 703. The lowest BCUT2D eigenvalue weighted by atomic mass is 10.3. The number of carboxylic acid groups (broad SMARTS) is 1. The van der Waals surface area contributed by atoms with Crippen molar-refractivity contribution in [2.45, 2.75) is 6.92 Å². The summed E-state index contributed by atoms with van der Waals surface area (Å²) in [4.78, 5) is 35.4. The first-order valence-electron chi connectivity index (χ1n) is 5.35. The summed E-state index contributed by atoms with van der Waals surface area (Å²) >= 11 is 0.828. The molecule has 0 saturated heterocycles. The second-order valence-corrected chi connectivity index (χ2v) is 4.82. The maximum absolute atomic E-state index is 11.9. The fraction of sp³-hybridized carbons (Fsp3) is 0.0909. The smallest absolute Gasteiger partial charge is 0.354 e. The summed E-state index contributed by atoms with van der Waals surface area (Å²) in [6, 6.07) is 2.61. The van der Waals surface area contributed by atoms with Gasteiger partial charge < -0.3 is 15.4 Å². The molecule has 2 rings (SSSR count). The minimum Gasteiger partial charge on any atom is -0.477 e. The molecule has 0 saturated carbocycles. The van der Waals surface area contributed by atoms with Crippen molar-refractivity contribution in [2.75, 3.05) is 5.32 Å². The van der Waals surface area contributed by atoms with Crippen LogP contribution in [-0.2, 0) is 0 Å². The van der Waals surface area contributed by atoms with Gasteiger partial charge in [0.25, 0.3) is 5.91 Å². The standard InChI is InChI=1S/C11H9N3O5S/c1-5-2-7(9(12-5)11(16)17)13-10(15)6-3-8(14(18)19)20-4-6/h2-4,12H,1H3,(H,13,15)(H,16,17). The zero-order valence-electron chi connectivity index (χ0n) is 10.2. The minimum atomic E-state index is -1.20. The molecule has 1 amide bonds. The molecule has 0 aromatic carbocycles. The van der Waals surface area contributed by atoms with Gasteiger partial charge in [0, 0.05) is 17.1 Å². The predicted octanol–water partition coefficient (Wildman–Crippen LogP) is 2.24. The van der Waals surface area contributed by atoms with E-state index in [0.29, 0.717) is 5.69 Å². The van der Waals surface area contributed by atoms with E-state index in [9.17, 15) is 19.7 Å². The highest BCUT2D eigenvalue weighted by molar-refractivity contribution is 7.13. The summed E-state index contributed by atoms with van der Waals surface area (Å²) in [5, 5.41) is 23.1. The number of amides is 1.